The molecule has 1 atom stereocenters. The fourth-order valence-electron chi connectivity index (χ4n) is 3.78. The van der Waals surface area contributed by atoms with Gasteiger partial charge >= 0.3 is 0 Å². The quantitative estimate of drug-likeness (QED) is 0.516. The molecule has 0 saturated carbocycles. The number of hydrogen-bond acceptors (Lipinski definition) is 7. The topological polar surface area (TPSA) is 115 Å². The number of rotatable bonds is 6. The van der Waals surface area contributed by atoms with Crippen molar-refractivity contribution in [3.05, 3.63) is 63.5 Å². The summed E-state index contributed by atoms with van der Waals surface area (Å²) in [6.07, 6.45) is 0. The van der Waals surface area contributed by atoms with Crippen molar-refractivity contribution in [2.75, 3.05) is 20.8 Å². The number of H-pyrrole nitrogens is 1. The average Bonchev–Trinajstić information content (AvgIpc) is 3.22. The number of methoxy groups -OCH3 is 2. The fourth-order valence-corrected chi connectivity index (χ4v) is 4.33. The van der Waals surface area contributed by atoms with Gasteiger partial charge in [-0.1, -0.05) is 28.1 Å². The van der Waals surface area contributed by atoms with Crippen molar-refractivity contribution in [2.24, 2.45) is 5.73 Å². The van der Waals surface area contributed by atoms with Gasteiger partial charge in [0.25, 0.3) is 0 Å². The van der Waals surface area contributed by atoms with Crippen molar-refractivity contribution in [3.8, 4) is 40.5 Å². The van der Waals surface area contributed by atoms with Gasteiger partial charge in [-0.3, -0.25) is 5.10 Å². The minimum atomic E-state index is -0.553. The van der Waals surface area contributed by atoms with Crippen molar-refractivity contribution < 1.29 is 18.9 Å². The number of nitrogens with zero attached hydrogens (tertiary/aromatic N) is 2. The zero-order valence-electron chi connectivity index (χ0n) is 17.7. The summed E-state index contributed by atoms with van der Waals surface area (Å²) < 4.78 is 23.0. The summed E-state index contributed by atoms with van der Waals surface area (Å²) in [5.74, 6) is 1.57. The lowest BCUT2D eigenvalue weighted by Crippen LogP contribution is -2.21. The predicted octanol–water partition coefficient (Wildman–Crippen LogP) is 4.47. The Kier molecular flexibility index (Phi) is 5.97. The Morgan fingerprint density at radius 3 is 2.66 bits per heavy atom. The Hall–Kier alpha value is -3.64. The summed E-state index contributed by atoms with van der Waals surface area (Å²) in [5.41, 5.74) is 9.38. The van der Waals surface area contributed by atoms with Crippen molar-refractivity contribution in [1.29, 1.82) is 5.26 Å². The van der Waals surface area contributed by atoms with E-state index in [1.807, 2.05) is 37.3 Å². The molecule has 0 spiro atoms. The van der Waals surface area contributed by atoms with Gasteiger partial charge in [-0.05, 0) is 36.8 Å². The first-order valence-electron chi connectivity index (χ1n) is 9.82. The first kappa shape index (κ1) is 21.6. The maximum atomic E-state index is 9.96. The normalized spacial score (nSPS) is 14.9. The predicted molar refractivity (Wildman–Crippen MR) is 122 cm³/mol. The monoisotopic (exact) mass is 496 g/mol. The van der Waals surface area contributed by atoms with Crippen LogP contribution in [0.5, 0.6) is 23.1 Å². The van der Waals surface area contributed by atoms with Crippen molar-refractivity contribution in [1.82, 2.24) is 10.2 Å². The van der Waals surface area contributed by atoms with Gasteiger partial charge < -0.3 is 24.7 Å². The summed E-state index contributed by atoms with van der Waals surface area (Å²) in [5, 5.41) is 17.3. The molecule has 3 aromatic rings. The fraction of sp³-hybridized carbons (Fsp3) is 0.217. The van der Waals surface area contributed by atoms with Gasteiger partial charge in [0.2, 0.25) is 11.8 Å². The second-order valence-electron chi connectivity index (χ2n) is 6.93. The number of aromatic amines is 1. The molecule has 0 bridgehead atoms. The summed E-state index contributed by atoms with van der Waals surface area (Å²) >= 11 is 3.62. The molecule has 0 saturated heterocycles. The molecule has 0 fully saturated rings. The van der Waals surface area contributed by atoms with E-state index >= 15 is 0 Å². The van der Waals surface area contributed by atoms with Crippen molar-refractivity contribution in [3.63, 3.8) is 0 Å². The lowest BCUT2D eigenvalue weighted by atomic mass is 9.83. The van der Waals surface area contributed by atoms with Crippen LogP contribution in [0, 0.1) is 11.3 Å². The number of halogens is 1. The molecular formula is C23H21BrN4O4. The molecule has 8 nitrogen and oxygen atoms in total. The van der Waals surface area contributed by atoms with E-state index in [1.165, 1.54) is 0 Å². The maximum Gasteiger partial charge on any atom is 0.244 e. The van der Waals surface area contributed by atoms with E-state index < -0.39 is 5.92 Å². The zero-order valence-corrected chi connectivity index (χ0v) is 19.3. The number of ether oxygens (including phenoxy) is 4. The number of nitrogens with one attached hydrogen (secondary N) is 1. The van der Waals surface area contributed by atoms with Crippen LogP contribution < -0.4 is 24.7 Å². The minimum absolute atomic E-state index is 0.00722. The van der Waals surface area contributed by atoms with Gasteiger partial charge in [0, 0.05) is 10.0 Å². The Balaban J connectivity index is 1.95. The second-order valence-corrected chi connectivity index (χ2v) is 7.79. The summed E-state index contributed by atoms with van der Waals surface area (Å²) in [6.45, 7) is 2.47. The van der Waals surface area contributed by atoms with Gasteiger partial charge in [0.15, 0.2) is 11.5 Å². The molecule has 4 rings (SSSR count). The van der Waals surface area contributed by atoms with Crippen LogP contribution in [0.3, 0.4) is 0 Å². The van der Waals surface area contributed by atoms with E-state index in [-0.39, 0.29) is 11.5 Å². The van der Waals surface area contributed by atoms with Crippen LogP contribution in [-0.2, 0) is 0 Å². The lowest BCUT2D eigenvalue weighted by Gasteiger charge is -2.25. The standard InChI is InChI=1S/C23H21BrN4O4/c1-4-31-13-7-5-6-12(8-13)21-20-19(15(11-25)22(26)32-23(20)28-27-21)14-9-17(29-2)18(30-3)10-16(14)24/h5-10,19H,4,26H2,1-3H3,(H,27,28). The third-order valence-corrected chi connectivity index (χ3v) is 5.87. The molecule has 32 heavy (non-hydrogen) atoms. The Bertz CT molecular complexity index is 1250. The molecule has 0 amide bonds. The van der Waals surface area contributed by atoms with E-state index in [0.717, 1.165) is 21.3 Å². The van der Waals surface area contributed by atoms with Gasteiger partial charge in [0.05, 0.1) is 38.0 Å². The third kappa shape index (κ3) is 3.63. The molecule has 0 radical (unpaired) electrons. The highest BCUT2D eigenvalue weighted by atomic mass is 79.9. The molecule has 1 aromatic heterocycles. The number of fused-ring (bicyclic) bond motifs is 1. The molecule has 3 N–H and O–H groups in total. The molecule has 2 heterocycles. The van der Waals surface area contributed by atoms with E-state index in [4.69, 9.17) is 24.7 Å². The highest BCUT2D eigenvalue weighted by Gasteiger charge is 2.37. The van der Waals surface area contributed by atoms with E-state index in [2.05, 4.69) is 32.2 Å². The van der Waals surface area contributed by atoms with Gasteiger partial charge in [-0.25, -0.2) is 0 Å². The highest BCUT2D eigenvalue weighted by molar-refractivity contribution is 9.10. The number of allylic oxidation sites excluding steroid dienone is 1. The van der Waals surface area contributed by atoms with Crippen molar-refractivity contribution >= 4 is 15.9 Å². The van der Waals surface area contributed by atoms with Gasteiger partial charge in [0.1, 0.15) is 17.4 Å². The van der Waals surface area contributed by atoms with Crippen LogP contribution in [0.15, 0.2) is 52.3 Å². The number of benzene rings is 2. The van der Waals surface area contributed by atoms with Crippen LogP contribution in [0.1, 0.15) is 24.0 Å². The molecule has 164 valence electrons. The van der Waals surface area contributed by atoms with Crippen LogP contribution in [0.2, 0.25) is 0 Å². The molecule has 0 aliphatic carbocycles. The minimum Gasteiger partial charge on any atom is -0.494 e. The van der Waals surface area contributed by atoms with E-state index in [1.54, 1.807) is 20.3 Å². The number of nitrogens with two attached hydrogens (primary N) is 1. The van der Waals surface area contributed by atoms with Crippen LogP contribution in [0.4, 0.5) is 0 Å². The molecule has 1 aliphatic rings. The second kappa shape index (κ2) is 8.85. The summed E-state index contributed by atoms with van der Waals surface area (Å²) in [4.78, 5) is 0. The number of hydrogen-bond donors (Lipinski definition) is 2. The first-order chi connectivity index (χ1) is 15.5. The maximum absolute atomic E-state index is 9.96. The van der Waals surface area contributed by atoms with Crippen LogP contribution >= 0.6 is 15.9 Å². The summed E-state index contributed by atoms with van der Waals surface area (Å²) in [7, 11) is 3.12. The molecule has 9 heteroatoms. The van der Waals surface area contributed by atoms with E-state index in [9.17, 15) is 5.26 Å². The number of nitriles is 1. The van der Waals surface area contributed by atoms with Crippen LogP contribution in [0.25, 0.3) is 11.3 Å². The average molecular weight is 497 g/mol. The largest absolute Gasteiger partial charge is 0.494 e. The summed E-state index contributed by atoms with van der Waals surface area (Å²) in [6, 6.07) is 13.4. The number of aromatic nitrogens is 2. The zero-order chi connectivity index (χ0) is 22.8. The molecule has 1 unspecified atom stereocenters. The Morgan fingerprint density at radius 1 is 1.22 bits per heavy atom. The van der Waals surface area contributed by atoms with Gasteiger partial charge in [-0.2, -0.15) is 5.26 Å². The molecule has 1 aliphatic heterocycles. The third-order valence-electron chi connectivity index (χ3n) is 5.19. The molecule has 2 aromatic carbocycles. The van der Waals surface area contributed by atoms with Crippen molar-refractivity contribution in [2.45, 2.75) is 12.8 Å². The Morgan fingerprint density at radius 2 is 1.97 bits per heavy atom. The highest BCUT2D eigenvalue weighted by Crippen LogP contribution is 2.49. The van der Waals surface area contributed by atoms with E-state index in [0.29, 0.717) is 35.2 Å². The van der Waals surface area contributed by atoms with Crippen LogP contribution in [-0.4, -0.2) is 31.0 Å². The molecular weight excluding hydrogens is 476 g/mol. The Labute approximate surface area is 193 Å². The first-order valence-corrected chi connectivity index (χ1v) is 10.6. The smallest absolute Gasteiger partial charge is 0.244 e. The lowest BCUT2D eigenvalue weighted by molar-refractivity contribution is 0.340. The van der Waals surface area contributed by atoms with Gasteiger partial charge in [-0.15, -0.1) is 5.10 Å². The SMILES string of the molecule is CCOc1cccc(-c2[nH]nc3c2C(c2cc(OC)c(OC)cc2Br)C(C#N)=C(N)O3)c1.